The molecule has 0 aromatic heterocycles. The van der Waals surface area contributed by atoms with Crippen molar-refractivity contribution in [2.75, 3.05) is 7.11 Å². The molecule has 0 aliphatic carbocycles. The highest BCUT2D eigenvalue weighted by Crippen LogP contribution is 2.38. The quantitative estimate of drug-likeness (QED) is 0.392. The number of hydrogen-bond acceptors (Lipinski definition) is 3. The van der Waals surface area contributed by atoms with Crippen LogP contribution in [0, 0.1) is 0 Å². The predicted octanol–water partition coefficient (Wildman–Crippen LogP) is 6.40. The van der Waals surface area contributed by atoms with Gasteiger partial charge in [0.25, 0.3) is 0 Å². The molecule has 0 N–H and O–H groups in total. The average Bonchev–Trinajstić information content (AvgIpc) is 2.83. The van der Waals surface area contributed by atoms with Crippen LogP contribution < -0.4 is 14.2 Å². The maximum atomic E-state index is 6.36. The van der Waals surface area contributed by atoms with E-state index in [1.165, 1.54) is 10.9 Å². The highest BCUT2D eigenvalue weighted by atomic mass is 16.5. The van der Waals surface area contributed by atoms with E-state index in [0.29, 0.717) is 18.1 Å². The second-order valence-corrected chi connectivity index (χ2v) is 7.29. The lowest BCUT2D eigenvalue weighted by molar-refractivity contribution is 0.284. The van der Waals surface area contributed by atoms with Crippen molar-refractivity contribution in [3.8, 4) is 17.2 Å². The van der Waals surface area contributed by atoms with Gasteiger partial charge in [0.05, 0.1) is 7.11 Å². The van der Waals surface area contributed by atoms with Crippen LogP contribution in [-0.4, -0.2) is 7.11 Å². The van der Waals surface area contributed by atoms with Gasteiger partial charge in [0.2, 0.25) is 0 Å². The van der Waals surface area contributed by atoms with Crippen molar-refractivity contribution < 1.29 is 14.2 Å². The maximum absolute atomic E-state index is 6.36. The SMILES string of the molecule is COc1cc(C2=CCc3ccc4ccccc4c3O2)ccc1OCc1ccccc1. The zero-order chi connectivity index (χ0) is 20.3. The summed E-state index contributed by atoms with van der Waals surface area (Å²) < 4.78 is 17.9. The average molecular weight is 394 g/mol. The summed E-state index contributed by atoms with van der Waals surface area (Å²) >= 11 is 0. The van der Waals surface area contributed by atoms with Gasteiger partial charge in [0.15, 0.2) is 11.5 Å². The number of allylic oxidation sites excluding steroid dienone is 1. The molecule has 0 bridgehead atoms. The summed E-state index contributed by atoms with van der Waals surface area (Å²) in [4.78, 5) is 0. The molecule has 4 aromatic carbocycles. The lowest BCUT2D eigenvalue weighted by Crippen LogP contribution is -2.05. The van der Waals surface area contributed by atoms with Crippen molar-refractivity contribution in [1.82, 2.24) is 0 Å². The molecule has 0 spiro atoms. The van der Waals surface area contributed by atoms with E-state index < -0.39 is 0 Å². The van der Waals surface area contributed by atoms with Crippen molar-refractivity contribution in [3.63, 3.8) is 0 Å². The molecule has 4 aromatic rings. The first-order valence-corrected chi connectivity index (χ1v) is 10.1. The molecule has 30 heavy (non-hydrogen) atoms. The van der Waals surface area contributed by atoms with Gasteiger partial charge < -0.3 is 14.2 Å². The highest BCUT2D eigenvalue weighted by molar-refractivity contribution is 5.91. The standard InChI is InChI=1S/C27H22O3/c1-28-26-17-22(14-16-25(26)29-18-19-7-3-2-4-8-19)24-15-13-21-12-11-20-9-5-6-10-23(20)27(21)30-24/h2-12,14-17H,13,18H2,1H3. The fourth-order valence-electron chi connectivity index (χ4n) is 3.78. The zero-order valence-electron chi connectivity index (χ0n) is 16.8. The monoisotopic (exact) mass is 394 g/mol. The molecular weight excluding hydrogens is 372 g/mol. The van der Waals surface area contributed by atoms with E-state index in [0.717, 1.165) is 34.4 Å². The Labute approximate surface area is 176 Å². The third-order valence-corrected chi connectivity index (χ3v) is 5.37. The Hall–Kier alpha value is -3.72. The summed E-state index contributed by atoms with van der Waals surface area (Å²) in [6.07, 6.45) is 2.96. The number of rotatable bonds is 5. The van der Waals surface area contributed by atoms with Crippen molar-refractivity contribution >= 4 is 16.5 Å². The van der Waals surface area contributed by atoms with E-state index in [1.54, 1.807) is 7.11 Å². The maximum Gasteiger partial charge on any atom is 0.161 e. The molecule has 148 valence electrons. The Kier molecular flexibility index (Phi) is 4.86. The third kappa shape index (κ3) is 3.50. The van der Waals surface area contributed by atoms with E-state index >= 15 is 0 Å². The van der Waals surface area contributed by atoms with Crippen LogP contribution in [0.2, 0.25) is 0 Å². The number of ether oxygens (including phenoxy) is 3. The van der Waals surface area contributed by atoms with Gasteiger partial charge in [0, 0.05) is 10.9 Å². The van der Waals surface area contributed by atoms with Gasteiger partial charge in [-0.15, -0.1) is 0 Å². The lowest BCUT2D eigenvalue weighted by atomic mass is 10.00. The molecule has 0 unspecified atom stereocenters. The molecule has 0 saturated heterocycles. The van der Waals surface area contributed by atoms with Gasteiger partial charge in [0.1, 0.15) is 18.1 Å². The number of benzene rings is 4. The zero-order valence-corrected chi connectivity index (χ0v) is 16.8. The van der Waals surface area contributed by atoms with E-state index in [9.17, 15) is 0 Å². The minimum absolute atomic E-state index is 0.495. The number of fused-ring (bicyclic) bond motifs is 3. The smallest absolute Gasteiger partial charge is 0.161 e. The van der Waals surface area contributed by atoms with E-state index in [2.05, 4.69) is 30.3 Å². The third-order valence-electron chi connectivity index (χ3n) is 5.37. The molecule has 0 radical (unpaired) electrons. The van der Waals surface area contributed by atoms with E-state index in [4.69, 9.17) is 14.2 Å². The minimum Gasteiger partial charge on any atom is -0.493 e. The summed E-state index contributed by atoms with van der Waals surface area (Å²) in [6, 6.07) is 28.7. The Morgan fingerprint density at radius 2 is 1.67 bits per heavy atom. The van der Waals surface area contributed by atoms with Crippen LogP contribution in [0.4, 0.5) is 0 Å². The lowest BCUT2D eigenvalue weighted by Gasteiger charge is -2.21. The van der Waals surface area contributed by atoms with Gasteiger partial charge in [-0.25, -0.2) is 0 Å². The summed E-state index contributed by atoms with van der Waals surface area (Å²) in [5.41, 5.74) is 3.29. The first kappa shape index (κ1) is 18.3. The Morgan fingerprint density at radius 1 is 0.833 bits per heavy atom. The van der Waals surface area contributed by atoms with Crippen molar-refractivity contribution in [1.29, 1.82) is 0 Å². The van der Waals surface area contributed by atoms with Crippen molar-refractivity contribution in [2.24, 2.45) is 0 Å². The van der Waals surface area contributed by atoms with Crippen molar-refractivity contribution in [2.45, 2.75) is 13.0 Å². The van der Waals surface area contributed by atoms with Gasteiger partial charge in [-0.2, -0.15) is 0 Å². The van der Waals surface area contributed by atoms with Crippen LogP contribution in [0.25, 0.3) is 16.5 Å². The van der Waals surface area contributed by atoms with Gasteiger partial charge in [-0.1, -0.05) is 66.7 Å². The Balaban J connectivity index is 1.41. The molecule has 5 rings (SSSR count). The molecule has 1 aliphatic heterocycles. The van der Waals surface area contributed by atoms with Gasteiger partial charge in [-0.3, -0.25) is 0 Å². The second kappa shape index (κ2) is 7.96. The topological polar surface area (TPSA) is 27.7 Å². The first-order chi connectivity index (χ1) is 14.8. The predicted molar refractivity (Wildman–Crippen MR) is 120 cm³/mol. The van der Waals surface area contributed by atoms with Crippen LogP contribution in [-0.2, 0) is 13.0 Å². The normalized spacial score (nSPS) is 12.6. The summed E-state index contributed by atoms with van der Waals surface area (Å²) in [6.45, 7) is 0.495. The molecule has 3 heteroatoms. The van der Waals surface area contributed by atoms with Crippen LogP contribution in [0.3, 0.4) is 0 Å². The molecule has 0 atom stereocenters. The Bertz CT molecular complexity index is 1230. The summed E-state index contributed by atoms with van der Waals surface area (Å²) in [7, 11) is 1.66. The van der Waals surface area contributed by atoms with Crippen LogP contribution in [0.1, 0.15) is 16.7 Å². The van der Waals surface area contributed by atoms with Crippen LogP contribution in [0.5, 0.6) is 17.2 Å². The molecular formula is C27H22O3. The first-order valence-electron chi connectivity index (χ1n) is 10.1. The highest BCUT2D eigenvalue weighted by Gasteiger charge is 2.18. The molecule has 1 aliphatic rings. The van der Waals surface area contributed by atoms with Crippen LogP contribution >= 0.6 is 0 Å². The molecule has 1 heterocycles. The number of methoxy groups -OCH3 is 1. The van der Waals surface area contributed by atoms with E-state index in [-0.39, 0.29) is 0 Å². The summed E-state index contributed by atoms with van der Waals surface area (Å²) in [5.74, 6) is 3.18. The number of hydrogen-bond donors (Lipinski definition) is 0. The largest absolute Gasteiger partial charge is 0.493 e. The van der Waals surface area contributed by atoms with Crippen molar-refractivity contribution in [3.05, 3.63) is 108 Å². The molecule has 0 amide bonds. The second-order valence-electron chi connectivity index (χ2n) is 7.29. The summed E-state index contributed by atoms with van der Waals surface area (Å²) in [5, 5.41) is 2.31. The van der Waals surface area contributed by atoms with Gasteiger partial charge >= 0.3 is 0 Å². The van der Waals surface area contributed by atoms with E-state index in [1.807, 2.05) is 60.7 Å². The fourth-order valence-corrected chi connectivity index (χ4v) is 3.78. The Morgan fingerprint density at radius 3 is 2.53 bits per heavy atom. The molecule has 3 nitrogen and oxygen atoms in total. The van der Waals surface area contributed by atoms with Crippen LogP contribution in [0.15, 0.2) is 91.0 Å². The molecule has 0 saturated carbocycles. The minimum atomic E-state index is 0.495. The fraction of sp³-hybridized carbons (Fsp3) is 0.111. The molecule has 0 fully saturated rings. The van der Waals surface area contributed by atoms with Gasteiger partial charge in [-0.05, 0) is 47.2 Å².